The fourth-order valence-corrected chi connectivity index (χ4v) is 3.64. The first-order chi connectivity index (χ1) is 14.7. The van der Waals surface area contributed by atoms with Gasteiger partial charge in [-0.15, -0.1) is 0 Å². The van der Waals surface area contributed by atoms with Crippen LogP contribution in [-0.4, -0.2) is 62.4 Å². The molecule has 1 heterocycles. The fraction of sp³-hybridized carbons (Fsp3) is 0.760. The molecular formula is C25H43NO5. The maximum absolute atomic E-state index is 12.0. The summed E-state index contributed by atoms with van der Waals surface area (Å²) >= 11 is 0. The van der Waals surface area contributed by atoms with Crippen molar-refractivity contribution in [2.24, 2.45) is 0 Å². The molecule has 0 saturated carbocycles. The number of hydrogen-bond donors (Lipinski definition) is 0. The van der Waals surface area contributed by atoms with Crippen LogP contribution in [0.25, 0.3) is 0 Å². The molecule has 0 aromatic rings. The minimum atomic E-state index is -1.19. The van der Waals surface area contributed by atoms with Gasteiger partial charge in [0.05, 0.1) is 33.4 Å². The van der Waals surface area contributed by atoms with Gasteiger partial charge in [0, 0.05) is 18.8 Å². The Balaban J connectivity index is 2.03. The Bertz CT molecular complexity index is 579. The van der Waals surface area contributed by atoms with Gasteiger partial charge in [-0.05, 0) is 32.1 Å². The molecule has 6 heteroatoms. The standard InChI is InChI=1S/C25H43NO5/c1-5-6-7-8-10-13-16-22-23(31-22)17-14-11-9-12-15-18-25(29)30-21(19-24(27)28)20-26(2,3)4/h6-7,10,13,21-23H,5,8-9,11-12,14-20H2,1-4H3/b7-6+,13-10+. The van der Waals surface area contributed by atoms with Crippen LogP contribution in [0.4, 0.5) is 0 Å². The molecule has 0 amide bonds. The zero-order chi connectivity index (χ0) is 23.1. The number of ether oxygens (including phenoxy) is 2. The first-order valence-electron chi connectivity index (χ1n) is 11.9. The van der Waals surface area contributed by atoms with E-state index in [1.165, 1.54) is 0 Å². The van der Waals surface area contributed by atoms with Crippen LogP contribution >= 0.6 is 0 Å². The van der Waals surface area contributed by atoms with Crippen LogP contribution in [0.2, 0.25) is 0 Å². The summed E-state index contributed by atoms with van der Waals surface area (Å²) in [6.07, 6.45) is 18.5. The summed E-state index contributed by atoms with van der Waals surface area (Å²) in [7, 11) is 5.82. The number of aliphatic carboxylic acids is 1. The van der Waals surface area contributed by atoms with Crippen molar-refractivity contribution in [1.29, 1.82) is 0 Å². The van der Waals surface area contributed by atoms with Crippen LogP contribution in [-0.2, 0) is 19.1 Å². The summed E-state index contributed by atoms with van der Waals surface area (Å²) in [6.45, 7) is 2.60. The lowest BCUT2D eigenvalue weighted by Crippen LogP contribution is -2.45. The average molecular weight is 438 g/mol. The summed E-state index contributed by atoms with van der Waals surface area (Å²) < 4.78 is 11.6. The van der Waals surface area contributed by atoms with Gasteiger partial charge in [-0.3, -0.25) is 4.79 Å². The zero-order valence-corrected chi connectivity index (χ0v) is 20.0. The van der Waals surface area contributed by atoms with E-state index < -0.39 is 12.1 Å². The normalized spacial score (nSPS) is 19.7. The van der Waals surface area contributed by atoms with Crippen LogP contribution in [0.5, 0.6) is 0 Å². The summed E-state index contributed by atoms with van der Waals surface area (Å²) in [4.78, 5) is 22.9. The minimum Gasteiger partial charge on any atom is -0.550 e. The van der Waals surface area contributed by atoms with E-state index in [9.17, 15) is 14.7 Å². The predicted molar refractivity (Wildman–Crippen MR) is 121 cm³/mol. The highest BCUT2D eigenvalue weighted by atomic mass is 16.6. The van der Waals surface area contributed by atoms with E-state index in [2.05, 4.69) is 31.2 Å². The van der Waals surface area contributed by atoms with E-state index >= 15 is 0 Å². The van der Waals surface area contributed by atoms with Crippen LogP contribution in [0, 0.1) is 0 Å². The quantitative estimate of drug-likeness (QED) is 0.108. The number of quaternary nitrogens is 1. The Kier molecular flexibility index (Phi) is 13.4. The Morgan fingerprint density at radius 1 is 1.00 bits per heavy atom. The number of nitrogens with zero attached hydrogens (tertiary/aromatic N) is 1. The number of carbonyl (C=O) groups is 2. The molecule has 1 rings (SSSR count). The van der Waals surface area contributed by atoms with Gasteiger partial charge >= 0.3 is 5.97 Å². The molecule has 0 aromatic carbocycles. The monoisotopic (exact) mass is 437 g/mol. The number of carboxylic acid groups (broad SMARTS) is 1. The van der Waals surface area contributed by atoms with Crippen LogP contribution in [0.1, 0.15) is 77.6 Å². The average Bonchev–Trinajstić information content (AvgIpc) is 3.40. The van der Waals surface area contributed by atoms with Gasteiger partial charge < -0.3 is 23.9 Å². The SMILES string of the molecule is CC/C=C/C/C=C/CC1OC1CCCCCCCC(=O)OC(CC(=O)[O-])C[N+](C)(C)C. The van der Waals surface area contributed by atoms with Gasteiger partial charge in [0.1, 0.15) is 6.54 Å². The molecule has 0 radical (unpaired) electrons. The second-order valence-electron chi connectivity index (χ2n) is 9.50. The van der Waals surface area contributed by atoms with Crippen LogP contribution in [0.3, 0.4) is 0 Å². The van der Waals surface area contributed by atoms with Gasteiger partial charge in [0.15, 0.2) is 6.10 Å². The lowest BCUT2D eigenvalue weighted by atomic mass is 10.1. The first kappa shape index (κ1) is 27.4. The maximum atomic E-state index is 12.0. The molecule has 0 N–H and O–H groups in total. The molecule has 31 heavy (non-hydrogen) atoms. The largest absolute Gasteiger partial charge is 0.550 e. The molecule has 1 saturated heterocycles. The van der Waals surface area contributed by atoms with Crippen molar-refractivity contribution in [3.05, 3.63) is 24.3 Å². The van der Waals surface area contributed by atoms with Gasteiger partial charge in [0.25, 0.3) is 0 Å². The van der Waals surface area contributed by atoms with E-state index in [-0.39, 0.29) is 12.4 Å². The van der Waals surface area contributed by atoms with Crippen molar-refractivity contribution in [3.63, 3.8) is 0 Å². The van der Waals surface area contributed by atoms with Crippen LogP contribution < -0.4 is 5.11 Å². The number of carbonyl (C=O) groups excluding carboxylic acids is 2. The smallest absolute Gasteiger partial charge is 0.306 e. The van der Waals surface area contributed by atoms with Crippen molar-refractivity contribution in [2.75, 3.05) is 27.7 Å². The molecule has 0 aromatic heterocycles. The second-order valence-corrected chi connectivity index (χ2v) is 9.50. The third-order valence-electron chi connectivity index (χ3n) is 5.21. The highest BCUT2D eigenvalue weighted by molar-refractivity contribution is 5.70. The fourth-order valence-electron chi connectivity index (χ4n) is 3.64. The van der Waals surface area contributed by atoms with Crippen molar-refractivity contribution in [2.45, 2.75) is 95.9 Å². The number of esters is 1. The molecular weight excluding hydrogens is 394 g/mol. The minimum absolute atomic E-state index is 0.253. The van der Waals surface area contributed by atoms with Gasteiger partial charge in [0.2, 0.25) is 0 Å². The van der Waals surface area contributed by atoms with Crippen molar-refractivity contribution < 1.29 is 28.7 Å². The molecule has 1 aliphatic rings. The van der Waals surface area contributed by atoms with Crippen molar-refractivity contribution >= 4 is 11.9 Å². The molecule has 178 valence electrons. The van der Waals surface area contributed by atoms with Gasteiger partial charge in [-0.2, -0.15) is 0 Å². The Morgan fingerprint density at radius 3 is 2.35 bits per heavy atom. The van der Waals surface area contributed by atoms with E-state index in [0.29, 0.717) is 29.7 Å². The first-order valence-corrected chi connectivity index (χ1v) is 11.9. The zero-order valence-electron chi connectivity index (χ0n) is 20.0. The molecule has 3 atom stereocenters. The maximum Gasteiger partial charge on any atom is 0.306 e. The summed E-state index contributed by atoms with van der Waals surface area (Å²) in [5, 5.41) is 10.9. The van der Waals surface area contributed by atoms with Gasteiger partial charge in [-0.1, -0.05) is 56.9 Å². The predicted octanol–water partition coefficient (Wildman–Crippen LogP) is 3.55. The van der Waals surface area contributed by atoms with E-state index in [0.717, 1.165) is 57.8 Å². The van der Waals surface area contributed by atoms with Crippen LogP contribution in [0.15, 0.2) is 24.3 Å². The second kappa shape index (κ2) is 15.2. The number of carboxylic acids is 1. The summed E-state index contributed by atoms with van der Waals surface area (Å²) in [5.74, 6) is -1.50. The Hall–Kier alpha value is -1.66. The third kappa shape index (κ3) is 15.7. The topological polar surface area (TPSA) is 79.0 Å². The highest BCUT2D eigenvalue weighted by Crippen LogP contribution is 2.30. The third-order valence-corrected chi connectivity index (χ3v) is 5.21. The van der Waals surface area contributed by atoms with Gasteiger partial charge in [-0.25, -0.2) is 0 Å². The molecule has 0 spiro atoms. The molecule has 6 nitrogen and oxygen atoms in total. The number of unbranched alkanes of at least 4 members (excludes halogenated alkanes) is 4. The van der Waals surface area contributed by atoms with E-state index in [1.807, 2.05) is 21.1 Å². The molecule has 1 aliphatic heterocycles. The van der Waals surface area contributed by atoms with E-state index in [4.69, 9.17) is 9.47 Å². The number of allylic oxidation sites excluding steroid dienone is 3. The number of hydrogen-bond acceptors (Lipinski definition) is 5. The number of likely N-dealkylation sites (N-methyl/N-ethyl adjacent to an activating group) is 1. The molecule has 1 fully saturated rings. The number of rotatable bonds is 18. The van der Waals surface area contributed by atoms with E-state index in [1.54, 1.807) is 0 Å². The molecule has 3 unspecified atom stereocenters. The summed E-state index contributed by atoms with van der Waals surface area (Å²) in [6, 6.07) is 0. The summed E-state index contributed by atoms with van der Waals surface area (Å²) in [5.41, 5.74) is 0. The highest BCUT2D eigenvalue weighted by Gasteiger charge is 2.36. The molecule has 0 bridgehead atoms. The Labute approximate surface area is 188 Å². The Morgan fingerprint density at radius 2 is 1.68 bits per heavy atom. The van der Waals surface area contributed by atoms with Crippen molar-refractivity contribution in [1.82, 2.24) is 0 Å². The number of epoxide rings is 1. The lowest BCUT2D eigenvalue weighted by molar-refractivity contribution is -0.873. The lowest BCUT2D eigenvalue weighted by Gasteiger charge is -2.29. The molecule has 0 aliphatic carbocycles. The van der Waals surface area contributed by atoms with Crippen molar-refractivity contribution in [3.8, 4) is 0 Å².